The first-order chi connectivity index (χ1) is 10.3. The highest BCUT2D eigenvalue weighted by Gasteiger charge is 2.31. The molecule has 3 heteroatoms. The van der Waals surface area contributed by atoms with E-state index in [0.717, 1.165) is 28.8 Å². The number of hydrogen-bond acceptors (Lipinski definition) is 2. The predicted molar refractivity (Wildman–Crippen MR) is 86.8 cm³/mol. The lowest BCUT2D eigenvalue weighted by Crippen LogP contribution is -2.22. The first-order valence-electron chi connectivity index (χ1n) is 7.38. The molecule has 21 heavy (non-hydrogen) atoms. The van der Waals surface area contributed by atoms with Gasteiger partial charge in [-0.3, -0.25) is 0 Å². The molecule has 0 bridgehead atoms. The standard InChI is InChI=1S/C18H20ClNO/c1-21-17-10-9-16(19)11-15(17)12-20-18(14-7-8-14)13-5-3-2-4-6-13/h2-6,9-11,14,18,20H,7-8,12H2,1H3. The Balaban J connectivity index is 1.74. The SMILES string of the molecule is COc1ccc(Cl)cc1CNC(c1ccccc1)C1CC1. The van der Waals surface area contributed by atoms with Crippen LogP contribution in [0.2, 0.25) is 5.02 Å². The van der Waals surface area contributed by atoms with E-state index in [1.54, 1.807) is 7.11 Å². The third kappa shape index (κ3) is 3.58. The summed E-state index contributed by atoms with van der Waals surface area (Å²) in [5.74, 6) is 1.63. The van der Waals surface area contributed by atoms with Crippen molar-refractivity contribution in [2.75, 3.05) is 7.11 Å². The van der Waals surface area contributed by atoms with Gasteiger partial charge in [0.05, 0.1) is 7.11 Å². The number of methoxy groups -OCH3 is 1. The largest absolute Gasteiger partial charge is 0.496 e. The Hall–Kier alpha value is -1.51. The molecule has 1 atom stereocenters. The van der Waals surface area contributed by atoms with Crippen molar-refractivity contribution < 1.29 is 4.74 Å². The maximum Gasteiger partial charge on any atom is 0.123 e. The molecule has 0 amide bonds. The average Bonchev–Trinajstić information content (AvgIpc) is 3.34. The van der Waals surface area contributed by atoms with Crippen LogP contribution in [0.4, 0.5) is 0 Å². The lowest BCUT2D eigenvalue weighted by atomic mass is 10.0. The lowest BCUT2D eigenvalue weighted by Gasteiger charge is -2.20. The molecule has 1 saturated carbocycles. The molecule has 2 aromatic rings. The normalized spacial score (nSPS) is 15.7. The molecule has 1 aliphatic carbocycles. The third-order valence-corrected chi connectivity index (χ3v) is 4.24. The molecule has 2 nitrogen and oxygen atoms in total. The number of halogens is 1. The summed E-state index contributed by atoms with van der Waals surface area (Å²) in [6.07, 6.45) is 2.61. The summed E-state index contributed by atoms with van der Waals surface area (Å²) in [5.41, 5.74) is 2.47. The van der Waals surface area contributed by atoms with Crippen LogP contribution < -0.4 is 10.1 Å². The van der Waals surface area contributed by atoms with Crippen molar-refractivity contribution in [3.8, 4) is 5.75 Å². The zero-order valence-corrected chi connectivity index (χ0v) is 12.9. The Morgan fingerprint density at radius 2 is 1.95 bits per heavy atom. The van der Waals surface area contributed by atoms with Crippen LogP contribution in [-0.4, -0.2) is 7.11 Å². The molecule has 110 valence electrons. The van der Waals surface area contributed by atoms with E-state index >= 15 is 0 Å². The van der Waals surface area contributed by atoms with Gasteiger partial charge in [-0.15, -0.1) is 0 Å². The summed E-state index contributed by atoms with van der Waals surface area (Å²) in [6, 6.07) is 16.8. The van der Waals surface area contributed by atoms with Crippen LogP contribution in [0.5, 0.6) is 5.75 Å². The van der Waals surface area contributed by atoms with E-state index in [2.05, 4.69) is 35.6 Å². The van der Waals surface area contributed by atoms with Crippen molar-refractivity contribution >= 4 is 11.6 Å². The van der Waals surface area contributed by atoms with Gasteiger partial charge in [0, 0.05) is 23.2 Å². The zero-order valence-electron chi connectivity index (χ0n) is 12.2. The van der Waals surface area contributed by atoms with E-state index < -0.39 is 0 Å². The Labute approximate surface area is 131 Å². The Kier molecular flexibility index (Phi) is 4.47. The van der Waals surface area contributed by atoms with Crippen LogP contribution in [0, 0.1) is 5.92 Å². The van der Waals surface area contributed by atoms with Crippen molar-refractivity contribution in [1.82, 2.24) is 5.32 Å². The van der Waals surface area contributed by atoms with Gasteiger partial charge in [0.25, 0.3) is 0 Å². The fourth-order valence-corrected chi connectivity index (χ4v) is 2.95. The summed E-state index contributed by atoms with van der Waals surface area (Å²) in [4.78, 5) is 0. The van der Waals surface area contributed by atoms with Crippen LogP contribution in [-0.2, 0) is 6.54 Å². The maximum absolute atomic E-state index is 6.10. The molecule has 1 N–H and O–H groups in total. The van der Waals surface area contributed by atoms with Crippen molar-refractivity contribution in [2.24, 2.45) is 5.92 Å². The van der Waals surface area contributed by atoms with E-state index in [1.165, 1.54) is 18.4 Å². The minimum atomic E-state index is 0.412. The smallest absolute Gasteiger partial charge is 0.123 e. The second kappa shape index (κ2) is 6.50. The molecular weight excluding hydrogens is 282 g/mol. The maximum atomic E-state index is 6.10. The van der Waals surface area contributed by atoms with Gasteiger partial charge in [-0.05, 0) is 42.5 Å². The van der Waals surface area contributed by atoms with Gasteiger partial charge < -0.3 is 10.1 Å². The van der Waals surface area contributed by atoms with Gasteiger partial charge in [-0.1, -0.05) is 41.9 Å². The molecule has 1 aliphatic rings. The Morgan fingerprint density at radius 3 is 2.62 bits per heavy atom. The molecule has 0 spiro atoms. The highest BCUT2D eigenvalue weighted by Crippen LogP contribution is 2.41. The second-order valence-electron chi connectivity index (χ2n) is 5.56. The van der Waals surface area contributed by atoms with Crippen molar-refractivity contribution in [3.05, 3.63) is 64.7 Å². The van der Waals surface area contributed by atoms with E-state index in [4.69, 9.17) is 16.3 Å². The number of hydrogen-bond donors (Lipinski definition) is 1. The number of nitrogens with one attached hydrogen (secondary N) is 1. The van der Waals surface area contributed by atoms with Gasteiger partial charge in [-0.25, -0.2) is 0 Å². The zero-order chi connectivity index (χ0) is 14.7. The average molecular weight is 302 g/mol. The first-order valence-corrected chi connectivity index (χ1v) is 7.76. The minimum Gasteiger partial charge on any atom is -0.496 e. The summed E-state index contributed by atoms with van der Waals surface area (Å²) in [5, 5.41) is 4.42. The summed E-state index contributed by atoms with van der Waals surface area (Å²) in [6.45, 7) is 0.764. The Bertz CT molecular complexity index is 595. The third-order valence-electron chi connectivity index (χ3n) is 4.01. The fourth-order valence-electron chi connectivity index (χ4n) is 2.75. The van der Waals surface area contributed by atoms with E-state index in [9.17, 15) is 0 Å². The molecule has 0 radical (unpaired) electrons. The molecule has 2 aromatic carbocycles. The summed E-state index contributed by atoms with van der Waals surface area (Å²) < 4.78 is 5.42. The van der Waals surface area contributed by atoms with E-state index in [0.29, 0.717) is 6.04 Å². The monoisotopic (exact) mass is 301 g/mol. The quantitative estimate of drug-likeness (QED) is 0.842. The van der Waals surface area contributed by atoms with Crippen LogP contribution in [0.1, 0.15) is 30.0 Å². The number of ether oxygens (including phenoxy) is 1. The molecule has 0 aromatic heterocycles. The topological polar surface area (TPSA) is 21.3 Å². The molecular formula is C18H20ClNO. The van der Waals surface area contributed by atoms with Crippen LogP contribution in [0.3, 0.4) is 0 Å². The fraction of sp³-hybridized carbons (Fsp3) is 0.333. The van der Waals surface area contributed by atoms with Crippen LogP contribution >= 0.6 is 11.6 Å². The van der Waals surface area contributed by atoms with Crippen molar-refractivity contribution in [3.63, 3.8) is 0 Å². The predicted octanol–water partition coefficient (Wildman–Crippen LogP) is 4.59. The molecule has 0 heterocycles. The van der Waals surface area contributed by atoms with Gasteiger partial charge in [0.15, 0.2) is 0 Å². The summed E-state index contributed by atoms with van der Waals surface area (Å²) in [7, 11) is 1.70. The van der Waals surface area contributed by atoms with Crippen molar-refractivity contribution in [2.45, 2.75) is 25.4 Å². The van der Waals surface area contributed by atoms with Gasteiger partial charge in [-0.2, -0.15) is 0 Å². The highest BCUT2D eigenvalue weighted by molar-refractivity contribution is 6.30. The molecule has 0 aliphatic heterocycles. The highest BCUT2D eigenvalue weighted by atomic mass is 35.5. The molecule has 3 rings (SSSR count). The van der Waals surface area contributed by atoms with Gasteiger partial charge in [0.2, 0.25) is 0 Å². The summed E-state index contributed by atoms with van der Waals surface area (Å²) >= 11 is 6.10. The van der Waals surface area contributed by atoms with Crippen LogP contribution in [0.15, 0.2) is 48.5 Å². The Morgan fingerprint density at radius 1 is 1.19 bits per heavy atom. The minimum absolute atomic E-state index is 0.412. The van der Waals surface area contributed by atoms with E-state index in [-0.39, 0.29) is 0 Å². The lowest BCUT2D eigenvalue weighted by molar-refractivity contribution is 0.402. The van der Waals surface area contributed by atoms with Gasteiger partial charge in [0.1, 0.15) is 5.75 Å². The number of rotatable bonds is 6. The molecule has 0 saturated heterocycles. The molecule has 1 unspecified atom stereocenters. The number of benzene rings is 2. The van der Waals surface area contributed by atoms with Gasteiger partial charge >= 0.3 is 0 Å². The van der Waals surface area contributed by atoms with Crippen LogP contribution in [0.25, 0.3) is 0 Å². The second-order valence-corrected chi connectivity index (χ2v) is 6.00. The molecule has 1 fully saturated rings. The first kappa shape index (κ1) is 14.4. The van der Waals surface area contributed by atoms with E-state index in [1.807, 2.05) is 18.2 Å². The van der Waals surface area contributed by atoms with Crippen molar-refractivity contribution in [1.29, 1.82) is 0 Å².